The Hall–Kier alpha value is -1.61. The fraction of sp³-hybridized carbons (Fsp3) is 0.435. The van der Waals surface area contributed by atoms with Gasteiger partial charge in [0, 0.05) is 28.1 Å². The van der Waals surface area contributed by atoms with E-state index in [1.807, 2.05) is 12.1 Å². The second-order valence-electron chi connectivity index (χ2n) is 8.88. The molecule has 1 aliphatic heterocycles. The Morgan fingerprint density at radius 3 is 2.48 bits per heavy atom. The molecule has 2 aromatic carbocycles. The minimum absolute atomic E-state index is 0.0758. The Bertz CT molecular complexity index is 1110. The van der Waals surface area contributed by atoms with Crippen LogP contribution in [0.4, 0.5) is 5.69 Å². The topological polar surface area (TPSA) is 75.7 Å². The third-order valence-electron chi connectivity index (χ3n) is 5.24. The lowest BCUT2D eigenvalue weighted by Gasteiger charge is -2.35. The van der Waals surface area contributed by atoms with Crippen LogP contribution >= 0.6 is 35.0 Å². The number of ether oxygens (including phenoxy) is 1. The number of sulfonamides is 1. The second-order valence-corrected chi connectivity index (χ2v) is 12.7. The number of thioether (sulfide) groups is 1. The van der Waals surface area contributed by atoms with Crippen LogP contribution in [0, 0.1) is 0 Å². The number of benzene rings is 2. The maximum absolute atomic E-state index is 12.7. The molecule has 3 rings (SSSR count). The number of carbonyl (C=O) groups is 1. The molecule has 2 aromatic rings. The van der Waals surface area contributed by atoms with E-state index in [0.29, 0.717) is 39.5 Å². The van der Waals surface area contributed by atoms with Gasteiger partial charge in [0.15, 0.2) is 6.10 Å². The number of hydrogen-bond acceptors (Lipinski definition) is 5. The van der Waals surface area contributed by atoms with Gasteiger partial charge in [-0.05, 0) is 40.8 Å². The molecule has 0 saturated heterocycles. The van der Waals surface area contributed by atoms with Gasteiger partial charge < -0.3 is 10.1 Å². The maximum Gasteiger partial charge on any atom is 0.263 e. The summed E-state index contributed by atoms with van der Waals surface area (Å²) in [6, 6.07) is 10.8. The summed E-state index contributed by atoms with van der Waals surface area (Å²) in [4.78, 5) is 12.7. The molecular weight excluding hydrogens is 503 g/mol. The summed E-state index contributed by atoms with van der Waals surface area (Å²) in [5, 5.41) is 4.06. The molecule has 0 radical (unpaired) electrons. The van der Waals surface area contributed by atoms with Gasteiger partial charge in [0.1, 0.15) is 5.75 Å². The quantitative estimate of drug-likeness (QED) is 0.517. The van der Waals surface area contributed by atoms with Crippen LogP contribution in [0.25, 0.3) is 0 Å². The number of amides is 1. The Balaban J connectivity index is 1.62. The molecule has 1 amide bonds. The standard InChI is InChI=1S/C23H28Cl2N2O4S2/c1-23(2,3)15-8-9-20-19(12-15)27(33(4,29)30)13-21(31-20)22(28)26-10-11-32-14-16-17(24)6-5-7-18(16)25/h5-9,12,21H,10-11,13-14H2,1-4H3,(H,26,28). The zero-order valence-corrected chi connectivity index (χ0v) is 22.2. The van der Waals surface area contributed by atoms with Crippen molar-refractivity contribution in [3.8, 4) is 5.75 Å². The molecule has 6 nitrogen and oxygen atoms in total. The van der Waals surface area contributed by atoms with E-state index in [-0.39, 0.29) is 17.9 Å². The van der Waals surface area contributed by atoms with Crippen LogP contribution in [0.5, 0.6) is 5.75 Å². The van der Waals surface area contributed by atoms with Crippen LogP contribution in [0.15, 0.2) is 36.4 Å². The third kappa shape index (κ3) is 6.50. The first kappa shape index (κ1) is 26.0. The number of nitrogens with zero attached hydrogens (tertiary/aromatic N) is 1. The van der Waals surface area contributed by atoms with Gasteiger partial charge in [-0.25, -0.2) is 8.42 Å². The Morgan fingerprint density at radius 1 is 1.21 bits per heavy atom. The average Bonchev–Trinajstić information content (AvgIpc) is 2.72. The number of halogens is 2. The molecule has 0 saturated carbocycles. The van der Waals surface area contributed by atoms with E-state index in [0.717, 1.165) is 17.4 Å². The number of carbonyl (C=O) groups excluding carboxylic acids is 1. The van der Waals surface area contributed by atoms with Crippen molar-refractivity contribution in [3.05, 3.63) is 57.6 Å². The summed E-state index contributed by atoms with van der Waals surface area (Å²) in [7, 11) is -3.59. The average molecular weight is 532 g/mol. The van der Waals surface area contributed by atoms with E-state index < -0.39 is 16.1 Å². The van der Waals surface area contributed by atoms with E-state index in [2.05, 4.69) is 26.1 Å². The van der Waals surface area contributed by atoms with Crippen LogP contribution in [0.2, 0.25) is 10.0 Å². The van der Waals surface area contributed by atoms with Gasteiger partial charge >= 0.3 is 0 Å². The molecule has 180 valence electrons. The van der Waals surface area contributed by atoms with Crippen LogP contribution in [0.1, 0.15) is 31.9 Å². The second kappa shape index (κ2) is 10.3. The van der Waals surface area contributed by atoms with E-state index in [1.54, 1.807) is 36.0 Å². The van der Waals surface area contributed by atoms with Crippen molar-refractivity contribution in [3.63, 3.8) is 0 Å². The fourth-order valence-electron chi connectivity index (χ4n) is 3.37. The summed E-state index contributed by atoms with van der Waals surface area (Å²) in [6.45, 7) is 6.49. The third-order valence-corrected chi connectivity index (χ3v) is 8.08. The van der Waals surface area contributed by atoms with Crippen molar-refractivity contribution in [2.24, 2.45) is 0 Å². The Labute approximate surface area is 210 Å². The largest absolute Gasteiger partial charge is 0.476 e. The molecule has 1 N–H and O–H groups in total. The Kier molecular flexibility index (Phi) is 8.15. The molecule has 1 atom stereocenters. The van der Waals surface area contributed by atoms with Gasteiger partial charge in [-0.15, -0.1) is 0 Å². The predicted octanol–water partition coefficient (Wildman–Crippen LogP) is 4.87. The molecule has 0 bridgehead atoms. The Morgan fingerprint density at radius 2 is 1.88 bits per heavy atom. The van der Waals surface area contributed by atoms with Crippen LogP contribution in [0.3, 0.4) is 0 Å². The van der Waals surface area contributed by atoms with Gasteiger partial charge in [-0.2, -0.15) is 11.8 Å². The van der Waals surface area contributed by atoms with E-state index in [4.69, 9.17) is 27.9 Å². The molecule has 0 aliphatic carbocycles. The number of hydrogen-bond donors (Lipinski definition) is 1. The molecule has 1 heterocycles. The van der Waals surface area contributed by atoms with Gasteiger partial charge in [0.2, 0.25) is 10.0 Å². The summed E-state index contributed by atoms with van der Waals surface area (Å²) in [5.41, 5.74) is 2.15. The molecule has 10 heteroatoms. The minimum atomic E-state index is -3.59. The van der Waals surface area contributed by atoms with Crippen molar-refractivity contribution in [1.82, 2.24) is 5.32 Å². The first-order valence-electron chi connectivity index (χ1n) is 10.4. The van der Waals surface area contributed by atoms with Gasteiger partial charge in [0.05, 0.1) is 18.5 Å². The molecule has 1 aliphatic rings. The lowest BCUT2D eigenvalue weighted by molar-refractivity contribution is -0.127. The maximum atomic E-state index is 12.7. The molecule has 0 aromatic heterocycles. The first-order chi connectivity index (χ1) is 15.4. The van der Waals surface area contributed by atoms with Crippen molar-refractivity contribution >= 4 is 56.6 Å². The lowest BCUT2D eigenvalue weighted by atomic mass is 9.86. The fourth-order valence-corrected chi connectivity index (χ4v) is 5.87. The number of fused-ring (bicyclic) bond motifs is 1. The van der Waals surface area contributed by atoms with Crippen molar-refractivity contribution in [2.75, 3.05) is 29.4 Å². The normalized spacial score (nSPS) is 16.2. The minimum Gasteiger partial charge on any atom is -0.476 e. The van der Waals surface area contributed by atoms with Gasteiger partial charge in [-0.1, -0.05) is 56.1 Å². The molecule has 0 fully saturated rings. The number of anilines is 1. The summed E-state index contributed by atoms with van der Waals surface area (Å²) >= 11 is 14.0. The highest BCUT2D eigenvalue weighted by Crippen LogP contribution is 2.38. The highest BCUT2D eigenvalue weighted by molar-refractivity contribution is 7.98. The predicted molar refractivity (Wildman–Crippen MR) is 137 cm³/mol. The molecule has 0 spiro atoms. The zero-order chi connectivity index (χ0) is 24.4. The lowest BCUT2D eigenvalue weighted by Crippen LogP contribution is -2.50. The van der Waals surface area contributed by atoms with Crippen molar-refractivity contribution < 1.29 is 17.9 Å². The van der Waals surface area contributed by atoms with Crippen LogP contribution in [-0.2, 0) is 26.0 Å². The smallest absolute Gasteiger partial charge is 0.263 e. The highest BCUT2D eigenvalue weighted by atomic mass is 35.5. The first-order valence-corrected chi connectivity index (χ1v) is 14.2. The van der Waals surface area contributed by atoms with Crippen LogP contribution in [-0.4, -0.2) is 45.5 Å². The number of rotatable bonds is 7. The number of nitrogens with one attached hydrogen (secondary N) is 1. The van der Waals surface area contributed by atoms with Gasteiger partial charge in [0.25, 0.3) is 5.91 Å². The van der Waals surface area contributed by atoms with E-state index >= 15 is 0 Å². The van der Waals surface area contributed by atoms with Crippen molar-refractivity contribution in [1.29, 1.82) is 0 Å². The van der Waals surface area contributed by atoms with E-state index in [9.17, 15) is 13.2 Å². The summed E-state index contributed by atoms with van der Waals surface area (Å²) in [5.74, 6) is 1.29. The summed E-state index contributed by atoms with van der Waals surface area (Å²) in [6.07, 6.45) is 0.202. The van der Waals surface area contributed by atoms with E-state index in [1.165, 1.54) is 4.31 Å². The van der Waals surface area contributed by atoms with Crippen LogP contribution < -0.4 is 14.4 Å². The zero-order valence-electron chi connectivity index (χ0n) is 19.0. The molecular formula is C23H28Cl2N2O4S2. The highest BCUT2D eigenvalue weighted by Gasteiger charge is 2.35. The SMILES string of the molecule is CC(C)(C)c1ccc2c(c1)N(S(C)(=O)=O)CC(C(=O)NCCSCc1c(Cl)cccc1Cl)O2. The van der Waals surface area contributed by atoms with Crippen molar-refractivity contribution in [2.45, 2.75) is 38.0 Å². The summed E-state index contributed by atoms with van der Waals surface area (Å²) < 4.78 is 32.1. The molecule has 33 heavy (non-hydrogen) atoms. The molecule has 1 unspecified atom stereocenters. The van der Waals surface area contributed by atoms with Gasteiger partial charge in [-0.3, -0.25) is 9.10 Å². The monoisotopic (exact) mass is 530 g/mol.